The molecule has 4 heteroatoms. The first-order chi connectivity index (χ1) is 8.70. The van der Waals surface area contributed by atoms with Crippen molar-refractivity contribution in [2.75, 3.05) is 0 Å². The van der Waals surface area contributed by atoms with Gasteiger partial charge in [0.05, 0.1) is 11.7 Å². The van der Waals surface area contributed by atoms with Gasteiger partial charge in [0.25, 0.3) is 0 Å². The fourth-order valence-corrected chi connectivity index (χ4v) is 1.78. The van der Waals surface area contributed by atoms with Gasteiger partial charge in [-0.25, -0.2) is 4.39 Å². The van der Waals surface area contributed by atoms with Crippen molar-refractivity contribution in [3.05, 3.63) is 59.4 Å². The molecule has 2 heterocycles. The zero-order chi connectivity index (χ0) is 13.0. The third-order valence-corrected chi connectivity index (χ3v) is 2.86. The molecular formula is C14H16FN3. The van der Waals surface area contributed by atoms with Crippen LogP contribution in [0.15, 0.2) is 36.7 Å². The van der Waals surface area contributed by atoms with E-state index in [1.165, 1.54) is 11.6 Å². The maximum absolute atomic E-state index is 13.5. The van der Waals surface area contributed by atoms with E-state index < -0.39 is 6.04 Å². The molecule has 2 aromatic rings. The standard InChI is InChI=1S/C14H16FN3/c1-2-10-5-6-11(18-9-10)8-13(16)14-12(15)4-3-7-17-14/h3-7,9,13H,2,8,16H2,1H3. The van der Waals surface area contributed by atoms with Crippen LogP contribution in [0.4, 0.5) is 4.39 Å². The number of pyridine rings is 2. The van der Waals surface area contributed by atoms with E-state index in [2.05, 4.69) is 16.9 Å². The summed E-state index contributed by atoms with van der Waals surface area (Å²) in [5.41, 5.74) is 8.28. The van der Waals surface area contributed by atoms with Crippen molar-refractivity contribution in [3.8, 4) is 0 Å². The Morgan fingerprint density at radius 3 is 2.72 bits per heavy atom. The van der Waals surface area contributed by atoms with Gasteiger partial charge in [-0.1, -0.05) is 13.0 Å². The van der Waals surface area contributed by atoms with Crippen LogP contribution in [0.3, 0.4) is 0 Å². The van der Waals surface area contributed by atoms with Gasteiger partial charge < -0.3 is 5.73 Å². The highest BCUT2D eigenvalue weighted by Crippen LogP contribution is 2.15. The van der Waals surface area contributed by atoms with E-state index in [0.29, 0.717) is 12.1 Å². The highest BCUT2D eigenvalue weighted by molar-refractivity contribution is 5.18. The lowest BCUT2D eigenvalue weighted by molar-refractivity contribution is 0.561. The maximum Gasteiger partial charge on any atom is 0.146 e. The van der Waals surface area contributed by atoms with Gasteiger partial charge in [0, 0.05) is 24.5 Å². The lowest BCUT2D eigenvalue weighted by Gasteiger charge is -2.11. The first-order valence-corrected chi connectivity index (χ1v) is 6.00. The molecule has 2 aromatic heterocycles. The summed E-state index contributed by atoms with van der Waals surface area (Å²) in [5.74, 6) is -0.366. The van der Waals surface area contributed by atoms with Gasteiger partial charge in [-0.2, -0.15) is 0 Å². The number of aromatic nitrogens is 2. The second-order valence-corrected chi connectivity index (χ2v) is 4.19. The van der Waals surface area contributed by atoms with Crippen LogP contribution in [-0.2, 0) is 12.8 Å². The lowest BCUT2D eigenvalue weighted by Crippen LogP contribution is -2.17. The van der Waals surface area contributed by atoms with Gasteiger partial charge in [-0.15, -0.1) is 0 Å². The Balaban J connectivity index is 2.11. The van der Waals surface area contributed by atoms with Crippen LogP contribution in [0, 0.1) is 5.82 Å². The first-order valence-electron chi connectivity index (χ1n) is 6.00. The topological polar surface area (TPSA) is 51.8 Å². The molecule has 0 bridgehead atoms. The van der Waals surface area contributed by atoms with Crippen molar-refractivity contribution in [1.29, 1.82) is 0 Å². The Morgan fingerprint density at radius 1 is 1.28 bits per heavy atom. The predicted octanol–water partition coefficient (Wildman–Crippen LogP) is 2.42. The molecule has 1 unspecified atom stereocenters. The molecule has 0 aliphatic heterocycles. The van der Waals surface area contributed by atoms with Crippen LogP contribution in [0.25, 0.3) is 0 Å². The van der Waals surface area contributed by atoms with Gasteiger partial charge in [0.1, 0.15) is 5.82 Å². The molecule has 94 valence electrons. The summed E-state index contributed by atoms with van der Waals surface area (Å²) >= 11 is 0. The Bertz CT molecular complexity index is 511. The van der Waals surface area contributed by atoms with E-state index in [1.807, 2.05) is 18.3 Å². The zero-order valence-corrected chi connectivity index (χ0v) is 10.3. The molecule has 0 amide bonds. The number of rotatable bonds is 4. The minimum absolute atomic E-state index is 0.291. The number of nitrogens with zero attached hydrogens (tertiary/aromatic N) is 2. The number of nitrogens with two attached hydrogens (primary N) is 1. The molecule has 2 N–H and O–H groups in total. The second-order valence-electron chi connectivity index (χ2n) is 4.19. The van der Waals surface area contributed by atoms with Crippen molar-refractivity contribution >= 4 is 0 Å². The molecule has 0 spiro atoms. The van der Waals surface area contributed by atoms with Crippen molar-refractivity contribution in [3.63, 3.8) is 0 Å². The predicted molar refractivity (Wildman–Crippen MR) is 68.4 cm³/mol. The van der Waals surface area contributed by atoms with E-state index in [9.17, 15) is 4.39 Å². The summed E-state index contributed by atoms with van der Waals surface area (Å²) in [6.07, 6.45) is 4.81. The summed E-state index contributed by atoms with van der Waals surface area (Å²) < 4.78 is 13.5. The smallest absolute Gasteiger partial charge is 0.146 e. The normalized spacial score (nSPS) is 12.4. The van der Waals surface area contributed by atoms with Crippen molar-refractivity contribution in [1.82, 2.24) is 9.97 Å². The highest BCUT2D eigenvalue weighted by atomic mass is 19.1. The minimum Gasteiger partial charge on any atom is -0.322 e. The van der Waals surface area contributed by atoms with Gasteiger partial charge in [-0.05, 0) is 30.2 Å². The van der Waals surface area contributed by atoms with Gasteiger partial charge >= 0.3 is 0 Å². The molecule has 0 saturated carbocycles. The third-order valence-electron chi connectivity index (χ3n) is 2.86. The van der Waals surface area contributed by atoms with Gasteiger partial charge in [0.2, 0.25) is 0 Å². The van der Waals surface area contributed by atoms with Crippen LogP contribution >= 0.6 is 0 Å². The minimum atomic E-state index is -0.467. The van der Waals surface area contributed by atoms with E-state index in [-0.39, 0.29) is 5.82 Å². The van der Waals surface area contributed by atoms with Crippen LogP contribution in [0.5, 0.6) is 0 Å². The first kappa shape index (κ1) is 12.6. The van der Waals surface area contributed by atoms with E-state index >= 15 is 0 Å². The van der Waals surface area contributed by atoms with Gasteiger partial charge in [0.15, 0.2) is 0 Å². The Kier molecular flexibility index (Phi) is 3.99. The van der Waals surface area contributed by atoms with E-state index in [1.54, 1.807) is 12.3 Å². The van der Waals surface area contributed by atoms with Crippen molar-refractivity contribution in [2.45, 2.75) is 25.8 Å². The molecule has 2 rings (SSSR count). The fourth-order valence-electron chi connectivity index (χ4n) is 1.78. The molecule has 3 nitrogen and oxygen atoms in total. The molecule has 0 aliphatic carbocycles. The Labute approximate surface area is 106 Å². The summed E-state index contributed by atoms with van der Waals surface area (Å²) in [7, 11) is 0. The Hall–Kier alpha value is -1.81. The number of hydrogen-bond donors (Lipinski definition) is 1. The summed E-state index contributed by atoms with van der Waals surface area (Å²) in [4.78, 5) is 8.29. The van der Waals surface area contributed by atoms with E-state index in [4.69, 9.17) is 5.73 Å². The molecule has 0 aromatic carbocycles. The van der Waals surface area contributed by atoms with Crippen LogP contribution < -0.4 is 5.73 Å². The Morgan fingerprint density at radius 2 is 2.11 bits per heavy atom. The van der Waals surface area contributed by atoms with Crippen LogP contribution in [0.2, 0.25) is 0 Å². The van der Waals surface area contributed by atoms with Crippen molar-refractivity contribution in [2.24, 2.45) is 5.73 Å². The molecule has 0 saturated heterocycles. The number of aryl methyl sites for hydroxylation is 1. The lowest BCUT2D eigenvalue weighted by atomic mass is 10.1. The van der Waals surface area contributed by atoms with Crippen molar-refractivity contribution < 1.29 is 4.39 Å². The molecular weight excluding hydrogens is 229 g/mol. The zero-order valence-electron chi connectivity index (χ0n) is 10.3. The van der Waals surface area contributed by atoms with Crippen LogP contribution in [0.1, 0.15) is 29.9 Å². The average Bonchev–Trinajstić information content (AvgIpc) is 2.40. The molecule has 0 radical (unpaired) electrons. The molecule has 0 fully saturated rings. The summed E-state index contributed by atoms with van der Waals surface area (Å²) in [5, 5.41) is 0. The van der Waals surface area contributed by atoms with E-state index in [0.717, 1.165) is 12.1 Å². The van der Waals surface area contributed by atoms with Crippen LogP contribution in [-0.4, -0.2) is 9.97 Å². The SMILES string of the molecule is CCc1ccc(CC(N)c2ncccc2F)nc1. The summed E-state index contributed by atoms with van der Waals surface area (Å²) in [6.45, 7) is 2.08. The highest BCUT2D eigenvalue weighted by Gasteiger charge is 2.13. The monoisotopic (exact) mass is 245 g/mol. The molecule has 1 atom stereocenters. The molecule has 0 aliphatic rings. The second kappa shape index (κ2) is 5.69. The quantitative estimate of drug-likeness (QED) is 0.900. The maximum atomic E-state index is 13.5. The third kappa shape index (κ3) is 2.90. The number of halogens is 1. The number of hydrogen-bond acceptors (Lipinski definition) is 3. The average molecular weight is 245 g/mol. The fraction of sp³-hybridized carbons (Fsp3) is 0.286. The summed E-state index contributed by atoms with van der Waals surface area (Å²) in [6, 6.07) is 6.41. The van der Waals surface area contributed by atoms with Gasteiger partial charge in [-0.3, -0.25) is 9.97 Å². The largest absolute Gasteiger partial charge is 0.322 e. The molecule has 18 heavy (non-hydrogen) atoms.